The van der Waals surface area contributed by atoms with Crippen LogP contribution in [0.2, 0.25) is 0 Å². The van der Waals surface area contributed by atoms with Gasteiger partial charge in [-0.25, -0.2) is 0 Å². The maximum Gasteiger partial charge on any atom is 0.303 e. The van der Waals surface area contributed by atoms with E-state index in [4.69, 9.17) is 0 Å². The largest absolute Gasteiger partial charge is 0.508 e. The van der Waals surface area contributed by atoms with Crippen LogP contribution in [0.5, 0.6) is 5.75 Å². The average molecular weight is 421 g/mol. The van der Waals surface area contributed by atoms with Crippen LogP contribution >= 0.6 is 0 Å². The summed E-state index contributed by atoms with van der Waals surface area (Å²) in [5.74, 6) is 0.706. The fraction of sp³-hybridized carbons (Fsp3) is 0.519. The first-order valence-corrected chi connectivity index (χ1v) is 11.6. The topological polar surface area (TPSA) is 77.8 Å². The van der Waals surface area contributed by atoms with Crippen molar-refractivity contribution in [3.8, 4) is 5.75 Å². The van der Waals surface area contributed by atoms with Crippen molar-refractivity contribution in [1.29, 1.82) is 0 Å². The molecule has 2 saturated carbocycles. The number of aliphatic hydroxyl groups is 1. The molecular formula is C27H32O4. The van der Waals surface area contributed by atoms with Crippen LogP contribution in [0.15, 0.2) is 48.5 Å². The van der Waals surface area contributed by atoms with Crippen molar-refractivity contribution in [2.75, 3.05) is 0 Å². The van der Waals surface area contributed by atoms with Crippen molar-refractivity contribution in [2.24, 2.45) is 23.2 Å². The van der Waals surface area contributed by atoms with Crippen LogP contribution in [0, 0.1) is 23.2 Å². The summed E-state index contributed by atoms with van der Waals surface area (Å²) in [6.07, 6.45) is 4.49. The summed E-state index contributed by atoms with van der Waals surface area (Å²) in [7, 11) is 0. The van der Waals surface area contributed by atoms with Gasteiger partial charge in [0.05, 0.1) is 12.5 Å². The van der Waals surface area contributed by atoms with Crippen molar-refractivity contribution in [1.82, 2.24) is 0 Å². The molecule has 3 aliphatic carbocycles. The maximum atomic E-state index is 11.9. The number of carboxylic acid groups (broad SMARTS) is 1. The lowest BCUT2D eigenvalue weighted by molar-refractivity contribution is -0.138. The van der Waals surface area contributed by atoms with Crippen molar-refractivity contribution in [2.45, 2.75) is 63.4 Å². The molecule has 2 fully saturated rings. The van der Waals surface area contributed by atoms with Gasteiger partial charge in [0.1, 0.15) is 5.75 Å². The standard InChI is InChI=1S/C27H32O4/c1-27-12-11-20-19-8-7-18(28)13-17(19)14-22(26(20)23(27)9-10-24(27)29)21(15-25(30)31)16-5-3-2-4-6-16/h2-8,13,20-24,26,28-29H,9-12,14-15H2,1H3,(H,30,31)/t20-,21?,22?,23+,24+,26+,27+/m1/s1. The van der Waals surface area contributed by atoms with E-state index in [1.807, 2.05) is 24.3 Å². The van der Waals surface area contributed by atoms with Crippen LogP contribution < -0.4 is 0 Å². The fourth-order valence-corrected chi connectivity index (χ4v) is 7.46. The number of aromatic hydroxyl groups is 1. The summed E-state index contributed by atoms with van der Waals surface area (Å²) in [5, 5.41) is 30.8. The van der Waals surface area contributed by atoms with Crippen molar-refractivity contribution in [3.05, 3.63) is 65.2 Å². The van der Waals surface area contributed by atoms with E-state index in [9.17, 15) is 20.1 Å². The number of fused-ring (bicyclic) bond motifs is 5. The summed E-state index contributed by atoms with van der Waals surface area (Å²) >= 11 is 0. The number of benzene rings is 2. The molecule has 31 heavy (non-hydrogen) atoms. The second-order valence-electron chi connectivity index (χ2n) is 10.3. The molecule has 0 aliphatic heterocycles. The fourth-order valence-electron chi connectivity index (χ4n) is 7.46. The Morgan fingerprint density at radius 3 is 2.65 bits per heavy atom. The number of aliphatic hydroxyl groups excluding tert-OH is 1. The minimum Gasteiger partial charge on any atom is -0.508 e. The van der Waals surface area contributed by atoms with E-state index in [2.05, 4.69) is 25.1 Å². The molecule has 7 atom stereocenters. The normalized spacial score (nSPS) is 35.0. The molecule has 5 rings (SSSR count). The Labute approximate surface area is 183 Å². The highest BCUT2D eigenvalue weighted by Gasteiger charge is 2.57. The van der Waals surface area contributed by atoms with Gasteiger partial charge in [0.2, 0.25) is 0 Å². The van der Waals surface area contributed by atoms with E-state index in [0.717, 1.165) is 37.7 Å². The minimum atomic E-state index is -0.767. The monoisotopic (exact) mass is 420 g/mol. The molecule has 0 radical (unpaired) electrons. The van der Waals surface area contributed by atoms with Crippen LogP contribution in [0.4, 0.5) is 0 Å². The third-order valence-corrected chi connectivity index (χ3v) is 8.90. The van der Waals surface area contributed by atoms with Crippen molar-refractivity contribution >= 4 is 5.97 Å². The van der Waals surface area contributed by atoms with Crippen LogP contribution in [-0.4, -0.2) is 27.4 Å². The van der Waals surface area contributed by atoms with E-state index in [0.29, 0.717) is 17.8 Å². The summed E-state index contributed by atoms with van der Waals surface area (Å²) in [5.41, 5.74) is 3.49. The number of hydrogen-bond acceptors (Lipinski definition) is 3. The van der Waals surface area contributed by atoms with Gasteiger partial charge in [-0.15, -0.1) is 0 Å². The smallest absolute Gasteiger partial charge is 0.303 e. The number of carbonyl (C=O) groups is 1. The quantitative estimate of drug-likeness (QED) is 0.644. The van der Waals surface area contributed by atoms with Gasteiger partial charge in [0.15, 0.2) is 0 Å². The molecule has 164 valence electrons. The summed E-state index contributed by atoms with van der Waals surface area (Å²) in [6, 6.07) is 15.9. The first-order valence-electron chi connectivity index (χ1n) is 11.6. The van der Waals surface area contributed by atoms with Gasteiger partial charge in [-0.05, 0) is 95.9 Å². The zero-order chi connectivity index (χ0) is 21.8. The Balaban J connectivity index is 1.64. The maximum absolute atomic E-state index is 11.9. The number of rotatable bonds is 4. The van der Waals surface area contributed by atoms with Gasteiger partial charge < -0.3 is 15.3 Å². The minimum absolute atomic E-state index is 0.0817. The third-order valence-electron chi connectivity index (χ3n) is 8.90. The number of carboxylic acids is 1. The van der Waals surface area contributed by atoms with Crippen molar-refractivity contribution in [3.63, 3.8) is 0 Å². The Morgan fingerprint density at radius 1 is 1.13 bits per heavy atom. The Morgan fingerprint density at radius 2 is 1.90 bits per heavy atom. The molecule has 3 N–H and O–H groups in total. The lowest BCUT2D eigenvalue weighted by atomic mass is 9.50. The van der Waals surface area contributed by atoms with Crippen LogP contribution in [-0.2, 0) is 11.2 Å². The van der Waals surface area contributed by atoms with E-state index in [1.165, 1.54) is 11.1 Å². The highest BCUT2D eigenvalue weighted by atomic mass is 16.4. The zero-order valence-electron chi connectivity index (χ0n) is 18.1. The van der Waals surface area contributed by atoms with Crippen LogP contribution in [0.25, 0.3) is 0 Å². The van der Waals surface area contributed by atoms with Crippen molar-refractivity contribution < 1.29 is 20.1 Å². The molecule has 4 nitrogen and oxygen atoms in total. The number of hydrogen-bond donors (Lipinski definition) is 3. The predicted molar refractivity (Wildman–Crippen MR) is 119 cm³/mol. The number of phenols is 1. The highest BCUT2D eigenvalue weighted by molar-refractivity contribution is 5.68. The second kappa shape index (κ2) is 7.67. The third kappa shape index (κ3) is 3.36. The SMILES string of the molecule is C[C@]12CC[C@@H]3c4ccc(O)cc4CC(C(CC(=O)O)c4ccccc4)[C@H]3[C@@H]1CC[C@@H]2O. The Hall–Kier alpha value is -2.33. The molecule has 0 saturated heterocycles. The van der Waals surface area contributed by atoms with E-state index < -0.39 is 5.97 Å². The molecule has 0 aromatic heterocycles. The molecule has 2 aromatic carbocycles. The van der Waals surface area contributed by atoms with Gasteiger partial charge in [0, 0.05) is 0 Å². The molecule has 3 aliphatic rings. The summed E-state index contributed by atoms with van der Waals surface area (Å²) in [4.78, 5) is 11.9. The lowest BCUT2D eigenvalue weighted by Gasteiger charge is -2.54. The Kier molecular flexibility index (Phi) is 5.09. The van der Waals surface area contributed by atoms with Gasteiger partial charge >= 0.3 is 5.97 Å². The van der Waals surface area contributed by atoms with E-state index >= 15 is 0 Å². The molecule has 0 amide bonds. The van der Waals surface area contributed by atoms with E-state index in [-0.39, 0.29) is 35.5 Å². The molecule has 0 spiro atoms. The van der Waals surface area contributed by atoms with E-state index in [1.54, 1.807) is 6.07 Å². The first-order chi connectivity index (χ1) is 14.9. The molecule has 0 heterocycles. The molecule has 0 bridgehead atoms. The zero-order valence-corrected chi connectivity index (χ0v) is 18.1. The number of aliphatic carboxylic acids is 1. The van der Waals surface area contributed by atoms with Crippen LogP contribution in [0.1, 0.15) is 67.6 Å². The average Bonchev–Trinajstić information content (AvgIpc) is 3.06. The number of phenolic OH excluding ortho intramolecular Hbond substituents is 1. The molecular weight excluding hydrogens is 388 g/mol. The summed E-state index contributed by atoms with van der Waals surface area (Å²) < 4.78 is 0. The first kappa shape index (κ1) is 20.6. The second-order valence-corrected chi connectivity index (χ2v) is 10.3. The Bertz CT molecular complexity index is 970. The van der Waals surface area contributed by atoms with Gasteiger partial charge in [0.25, 0.3) is 0 Å². The summed E-state index contributed by atoms with van der Waals surface area (Å²) in [6.45, 7) is 2.25. The van der Waals surface area contributed by atoms with Gasteiger partial charge in [-0.3, -0.25) is 4.79 Å². The van der Waals surface area contributed by atoms with Crippen LogP contribution in [0.3, 0.4) is 0 Å². The lowest BCUT2D eigenvalue weighted by Crippen LogP contribution is -2.48. The molecule has 2 unspecified atom stereocenters. The highest BCUT2D eigenvalue weighted by Crippen LogP contribution is 2.64. The van der Waals surface area contributed by atoms with Gasteiger partial charge in [-0.2, -0.15) is 0 Å². The van der Waals surface area contributed by atoms with Gasteiger partial charge in [-0.1, -0.05) is 43.3 Å². The molecule has 4 heteroatoms. The molecule has 2 aromatic rings. The predicted octanol–water partition coefficient (Wildman–Crippen LogP) is 5.09.